The molecule has 0 aliphatic carbocycles. The summed E-state index contributed by atoms with van der Waals surface area (Å²) in [7, 11) is 3.76. The SMILES string of the molecule is CCOc1ncccc1-c1ncc(C2(C(=O)NCCN(C)C)CCN(c3ccc(C(F)(F)F)cc3C#N)CC2)cc1F. The maximum atomic E-state index is 15.7. The van der Waals surface area contributed by atoms with Crippen LogP contribution in [0.25, 0.3) is 11.3 Å². The molecule has 1 amide bonds. The highest BCUT2D eigenvalue weighted by Crippen LogP contribution is 2.40. The van der Waals surface area contributed by atoms with E-state index in [4.69, 9.17) is 4.74 Å². The Balaban J connectivity index is 1.67. The highest BCUT2D eigenvalue weighted by molar-refractivity contribution is 5.89. The molecule has 3 aromatic rings. The van der Waals surface area contributed by atoms with E-state index in [1.807, 2.05) is 25.1 Å². The Bertz CT molecular complexity index is 1460. The molecule has 1 saturated heterocycles. The average Bonchev–Trinajstić information content (AvgIpc) is 2.96. The highest BCUT2D eigenvalue weighted by atomic mass is 19.4. The monoisotopic (exact) mass is 584 g/mol. The third-order valence-corrected chi connectivity index (χ3v) is 7.38. The average molecular weight is 585 g/mol. The zero-order valence-electron chi connectivity index (χ0n) is 23.6. The van der Waals surface area contributed by atoms with Gasteiger partial charge in [0.25, 0.3) is 0 Å². The van der Waals surface area contributed by atoms with Gasteiger partial charge in [0, 0.05) is 38.6 Å². The smallest absolute Gasteiger partial charge is 0.416 e. The van der Waals surface area contributed by atoms with Crippen LogP contribution in [0.3, 0.4) is 0 Å². The Hall–Kier alpha value is -4.24. The van der Waals surface area contributed by atoms with Crippen molar-refractivity contribution in [3.63, 3.8) is 0 Å². The number of anilines is 1. The molecule has 0 saturated carbocycles. The van der Waals surface area contributed by atoms with Crippen LogP contribution in [-0.2, 0) is 16.4 Å². The quantitative estimate of drug-likeness (QED) is 0.362. The van der Waals surface area contributed by atoms with Crippen LogP contribution >= 0.6 is 0 Å². The number of amides is 1. The Kier molecular flexibility index (Phi) is 9.31. The lowest BCUT2D eigenvalue weighted by molar-refractivity contribution is -0.137. The predicted octanol–water partition coefficient (Wildman–Crippen LogP) is 4.79. The molecule has 1 N–H and O–H groups in total. The van der Waals surface area contributed by atoms with Crippen molar-refractivity contribution in [2.24, 2.45) is 0 Å². The lowest BCUT2D eigenvalue weighted by Gasteiger charge is -2.42. The summed E-state index contributed by atoms with van der Waals surface area (Å²) in [5, 5.41) is 12.5. The molecule has 1 aliphatic heterocycles. The molecule has 0 atom stereocenters. The summed E-state index contributed by atoms with van der Waals surface area (Å²) in [6.45, 7) is 3.60. The largest absolute Gasteiger partial charge is 0.477 e. The molecule has 42 heavy (non-hydrogen) atoms. The summed E-state index contributed by atoms with van der Waals surface area (Å²) >= 11 is 0. The van der Waals surface area contributed by atoms with Gasteiger partial charge in [-0.3, -0.25) is 9.78 Å². The van der Waals surface area contributed by atoms with Gasteiger partial charge in [0.15, 0.2) is 0 Å². The van der Waals surface area contributed by atoms with E-state index in [1.54, 1.807) is 24.0 Å². The van der Waals surface area contributed by atoms with Crippen LogP contribution in [0, 0.1) is 17.1 Å². The molecule has 0 radical (unpaired) electrons. The van der Waals surface area contributed by atoms with E-state index in [2.05, 4.69) is 15.3 Å². The predicted molar refractivity (Wildman–Crippen MR) is 149 cm³/mol. The first kappa shape index (κ1) is 30.7. The van der Waals surface area contributed by atoms with Gasteiger partial charge in [-0.2, -0.15) is 18.4 Å². The van der Waals surface area contributed by atoms with E-state index in [0.717, 1.165) is 12.1 Å². The second-order valence-corrected chi connectivity index (χ2v) is 10.3. The van der Waals surface area contributed by atoms with Gasteiger partial charge in [-0.15, -0.1) is 0 Å². The van der Waals surface area contributed by atoms with Gasteiger partial charge in [0.1, 0.15) is 17.6 Å². The maximum Gasteiger partial charge on any atom is 0.416 e. The molecule has 4 rings (SSSR count). The minimum Gasteiger partial charge on any atom is -0.477 e. The van der Waals surface area contributed by atoms with Crippen molar-refractivity contribution in [2.45, 2.75) is 31.4 Å². The number of likely N-dealkylation sites (N-methyl/N-ethyl adjacent to an activating group) is 1. The van der Waals surface area contributed by atoms with Crippen LogP contribution in [0.5, 0.6) is 5.88 Å². The normalized spacial score (nSPS) is 14.9. The fourth-order valence-corrected chi connectivity index (χ4v) is 5.14. The van der Waals surface area contributed by atoms with Gasteiger partial charge in [0.05, 0.1) is 34.4 Å². The molecule has 8 nitrogen and oxygen atoms in total. The molecule has 0 bridgehead atoms. The van der Waals surface area contributed by atoms with E-state index in [9.17, 15) is 23.2 Å². The number of benzene rings is 1. The lowest BCUT2D eigenvalue weighted by Crippen LogP contribution is -2.52. The number of halogens is 4. The second-order valence-electron chi connectivity index (χ2n) is 10.3. The number of alkyl halides is 3. The number of nitrogens with zero attached hydrogens (tertiary/aromatic N) is 5. The summed E-state index contributed by atoms with van der Waals surface area (Å²) in [5.74, 6) is -0.686. The van der Waals surface area contributed by atoms with Crippen molar-refractivity contribution >= 4 is 11.6 Å². The summed E-state index contributed by atoms with van der Waals surface area (Å²) in [6, 6.07) is 9.54. The summed E-state index contributed by atoms with van der Waals surface area (Å²) in [4.78, 5) is 26.0. The number of pyridine rings is 2. The maximum absolute atomic E-state index is 15.7. The number of carbonyl (C=O) groups is 1. The summed E-state index contributed by atoms with van der Waals surface area (Å²) in [5.41, 5.74) is -0.991. The molecule has 0 spiro atoms. The number of ether oxygens (including phenoxy) is 1. The standard InChI is InChI=1S/C30H32F4N6O2/c1-4-42-27-23(6-5-11-36-27)26-24(31)17-22(19-38-26)29(28(41)37-12-15-39(2)3)9-13-40(14-10-29)25-8-7-21(30(32,33)34)16-20(25)18-35/h5-8,11,16-17,19H,4,9-10,12-15H2,1-3H3,(H,37,41). The first-order valence-corrected chi connectivity index (χ1v) is 13.5. The molecule has 1 fully saturated rings. The molecule has 12 heteroatoms. The molecule has 222 valence electrons. The third kappa shape index (κ3) is 6.46. The van der Waals surface area contributed by atoms with Crippen LogP contribution in [0.15, 0.2) is 48.8 Å². The van der Waals surface area contributed by atoms with Crippen LogP contribution in [0.4, 0.5) is 23.2 Å². The van der Waals surface area contributed by atoms with Crippen LogP contribution in [0.1, 0.15) is 36.5 Å². The number of carbonyl (C=O) groups excluding carboxylic acids is 1. The van der Waals surface area contributed by atoms with E-state index in [0.29, 0.717) is 36.5 Å². The fourth-order valence-electron chi connectivity index (χ4n) is 5.14. The molecular formula is C30H32F4N6O2. The topological polar surface area (TPSA) is 94.4 Å². The summed E-state index contributed by atoms with van der Waals surface area (Å²) < 4.78 is 60.9. The van der Waals surface area contributed by atoms with Crippen LogP contribution in [0.2, 0.25) is 0 Å². The first-order chi connectivity index (χ1) is 20.0. The molecule has 2 aromatic heterocycles. The van der Waals surface area contributed by atoms with Crippen molar-refractivity contribution in [1.29, 1.82) is 5.26 Å². The number of hydrogen-bond donors (Lipinski definition) is 1. The summed E-state index contributed by atoms with van der Waals surface area (Å²) in [6.07, 6.45) is -1.10. The molecule has 1 aromatic carbocycles. The van der Waals surface area contributed by atoms with Gasteiger partial charge < -0.3 is 19.9 Å². The van der Waals surface area contributed by atoms with Crippen LogP contribution in [-0.4, -0.2) is 67.7 Å². The van der Waals surface area contributed by atoms with Crippen molar-refractivity contribution in [3.8, 4) is 23.2 Å². The highest BCUT2D eigenvalue weighted by Gasteiger charge is 2.44. The van der Waals surface area contributed by atoms with Crippen molar-refractivity contribution in [1.82, 2.24) is 20.2 Å². The number of hydrogen-bond acceptors (Lipinski definition) is 7. The van der Waals surface area contributed by atoms with Gasteiger partial charge in [-0.25, -0.2) is 9.37 Å². The van der Waals surface area contributed by atoms with Gasteiger partial charge in [-0.1, -0.05) is 0 Å². The van der Waals surface area contributed by atoms with E-state index in [-0.39, 0.29) is 49.0 Å². The lowest BCUT2D eigenvalue weighted by atomic mass is 9.72. The van der Waals surface area contributed by atoms with Crippen molar-refractivity contribution in [3.05, 3.63) is 71.3 Å². The van der Waals surface area contributed by atoms with Gasteiger partial charge in [0.2, 0.25) is 11.8 Å². The van der Waals surface area contributed by atoms with Gasteiger partial charge >= 0.3 is 6.18 Å². The number of nitriles is 1. The Morgan fingerprint density at radius 2 is 1.93 bits per heavy atom. The van der Waals surface area contributed by atoms with Crippen molar-refractivity contribution in [2.75, 3.05) is 51.8 Å². The molecule has 1 aliphatic rings. The third-order valence-electron chi connectivity index (χ3n) is 7.38. The molecule has 3 heterocycles. The number of rotatable bonds is 9. The number of nitrogens with one attached hydrogen (secondary N) is 1. The second kappa shape index (κ2) is 12.7. The Labute approximate surface area is 241 Å². The first-order valence-electron chi connectivity index (χ1n) is 13.5. The minimum atomic E-state index is -4.58. The Morgan fingerprint density at radius 3 is 2.55 bits per heavy atom. The molecule has 0 unspecified atom stereocenters. The zero-order chi connectivity index (χ0) is 30.5. The van der Waals surface area contributed by atoms with E-state index >= 15 is 4.39 Å². The fraction of sp³-hybridized carbons (Fsp3) is 0.400. The van der Waals surface area contributed by atoms with E-state index in [1.165, 1.54) is 24.5 Å². The van der Waals surface area contributed by atoms with Crippen LogP contribution < -0.4 is 15.0 Å². The Morgan fingerprint density at radius 1 is 1.19 bits per heavy atom. The molecular weight excluding hydrogens is 552 g/mol. The van der Waals surface area contributed by atoms with Gasteiger partial charge in [-0.05, 0) is 75.8 Å². The number of aromatic nitrogens is 2. The van der Waals surface area contributed by atoms with Crippen molar-refractivity contribution < 1.29 is 27.1 Å². The number of piperidine rings is 1. The van der Waals surface area contributed by atoms with E-state index < -0.39 is 23.0 Å². The zero-order valence-corrected chi connectivity index (χ0v) is 23.6. The minimum absolute atomic E-state index is 0.0410.